The number of aromatic hydroxyl groups is 2. The molecule has 2 rings (SSSR count). The monoisotopic (exact) mass is 432 g/mol. The largest absolute Gasteiger partial charge is 0.504 e. The van der Waals surface area contributed by atoms with E-state index in [1.54, 1.807) is 27.7 Å². The minimum absolute atomic E-state index is 0.0859. The van der Waals surface area contributed by atoms with E-state index in [-0.39, 0.29) is 40.5 Å². The fraction of sp³-hybridized carbons (Fsp3) is 0.391. The van der Waals surface area contributed by atoms with Crippen LogP contribution in [0.1, 0.15) is 54.8 Å². The zero-order valence-corrected chi connectivity index (χ0v) is 18.5. The quantitative estimate of drug-likeness (QED) is 0.601. The van der Waals surface area contributed by atoms with Gasteiger partial charge in [0.05, 0.1) is 25.3 Å². The lowest BCUT2D eigenvalue weighted by Gasteiger charge is -2.34. The normalized spacial score (nSPS) is 11.5. The Bertz CT molecular complexity index is 885. The Balaban J connectivity index is 2.08. The van der Waals surface area contributed by atoms with Crippen molar-refractivity contribution in [3.8, 4) is 23.0 Å². The highest BCUT2D eigenvalue weighted by molar-refractivity contribution is 5.91. The van der Waals surface area contributed by atoms with Gasteiger partial charge in [0.15, 0.2) is 23.0 Å². The van der Waals surface area contributed by atoms with E-state index in [4.69, 9.17) is 18.9 Å². The number of rotatable bonds is 8. The van der Waals surface area contributed by atoms with Crippen LogP contribution in [0.25, 0.3) is 0 Å². The lowest BCUT2D eigenvalue weighted by Crippen LogP contribution is -2.40. The Hall–Kier alpha value is -3.42. The molecule has 0 unspecified atom stereocenters. The first-order valence-electron chi connectivity index (χ1n) is 9.58. The van der Waals surface area contributed by atoms with Crippen molar-refractivity contribution in [2.24, 2.45) is 0 Å². The van der Waals surface area contributed by atoms with Crippen LogP contribution < -0.4 is 9.47 Å². The number of hydrogen-bond donors (Lipinski definition) is 2. The molecule has 0 aliphatic heterocycles. The van der Waals surface area contributed by atoms with Crippen LogP contribution in [-0.4, -0.2) is 47.6 Å². The lowest BCUT2D eigenvalue weighted by atomic mass is 9.92. The molecular weight excluding hydrogens is 404 g/mol. The van der Waals surface area contributed by atoms with E-state index in [0.717, 1.165) is 0 Å². The smallest absolute Gasteiger partial charge is 0.338 e. The van der Waals surface area contributed by atoms with E-state index in [1.807, 2.05) is 0 Å². The third-order valence-electron chi connectivity index (χ3n) is 4.42. The molecule has 8 heteroatoms. The molecule has 0 radical (unpaired) electrons. The highest BCUT2D eigenvalue weighted by Crippen LogP contribution is 2.32. The number of phenolic OH excluding ortho intramolecular Hbond substituents is 2. The van der Waals surface area contributed by atoms with E-state index in [2.05, 4.69) is 0 Å². The highest BCUT2D eigenvalue weighted by atomic mass is 16.6. The first-order valence-corrected chi connectivity index (χ1v) is 9.58. The van der Waals surface area contributed by atoms with Crippen LogP contribution >= 0.6 is 0 Å². The fourth-order valence-electron chi connectivity index (χ4n) is 3.33. The minimum atomic E-state index is -0.974. The molecule has 0 bridgehead atoms. The van der Waals surface area contributed by atoms with Crippen molar-refractivity contribution in [1.29, 1.82) is 0 Å². The summed E-state index contributed by atoms with van der Waals surface area (Å²) in [5.74, 6) is -1.06. The summed E-state index contributed by atoms with van der Waals surface area (Å²) in [6.07, 6.45) is 0.210. The molecule has 8 nitrogen and oxygen atoms in total. The van der Waals surface area contributed by atoms with Crippen LogP contribution in [0.4, 0.5) is 0 Å². The summed E-state index contributed by atoms with van der Waals surface area (Å²) < 4.78 is 21.3. The molecule has 0 spiro atoms. The molecule has 31 heavy (non-hydrogen) atoms. The molecule has 0 aromatic heterocycles. The summed E-state index contributed by atoms with van der Waals surface area (Å²) in [6.45, 7) is 6.84. The second kappa shape index (κ2) is 9.16. The van der Waals surface area contributed by atoms with Crippen LogP contribution in [-0.2, 0) is 9.47 Å². The van der Waals surface area contributed by atoms with Crippen molar-refractivity contribution in [3.05, 3.63) is 47.5 Å². The molecule has 0 aliphatic rings. The first-order chi connectivity index (χ1) is 14.4. The fourth-order valence-corrected chi connectivity index (χ4v) is 3.33. The number of phenols is 2. The van der Waals surface area contributed by atoms with Gasteiger partial charge < -0.3 is 29.2 Å². The van der Waals surface area contributed by atoms with E-state index in [1.165, 1.54) is 50.6 Å². The van der Waals surface area contributed by atoms with Gasteiger partial charge >= 0.3 is 11.9 Å². The Morgan fingerprint density at radius 2 is 1.10 bits per heavy atom. The van der Waals surface area contributed by atoms with Gasteiger partial charge in [-0.05, 0) is 64.1 Å². The van der Waals surface area contributed by atoms with Crippen molar-refractivity contribution in [2.45, 2.75) is 45.3 Å². The average Bonchev–Trinajstić information content (AvgIpc) is 2.66. The third-order valence-corrected chi connectivity index (χ3v) is 4.42. The van der Waals surface area contributed by atoms with Gasteiger partial charge in [0.25, 0.3) is 0 Å². The zero-order valence-electron chi connectivity index (χ0n) is 18.5. The zero-order chi connectivity index (χ0) is 23.4. The van der Waals surface area contributed by atoms with E-state index >= 15 is 0 Å². The van der Waals surface area contributed by atoms with Crippen molar-refractivity contribution in [1.82, 2.24) is 0 Å². The van der Waals surface area contributed by atoms with Crippen LogP contribution in [0, 0.1) is 0 Å². The molecule has 0 amide bonds. The second-order valence-electron chi connectivity index (χ2n) is 8.25. The number of hydrogen-bond acceptors (Lipinski definition) is 8. The summed E-state index contributed by atoms with van der Waals surface area (Å²) in [4.78, 5) is 25.1. The summed E-state index contributed by atoms with van der Waals surface area (Å²) in [6, 6.07) is 8.33. The lowest BCUT2D eigenvalue weighted by molar-refractivity contribution is -0.0587. The predicted molar refractivity (Wildman–Crippen MR) is 113 cm³/mol. The number of ether oxygens (including phenoxy) is 4. The third kappa shape index (κ3) is 6.28. The number of carbonyl (C=O) groups is 2. The number of esters is 2. The topological polar surface area (TPSA) is 112 Å². The molecule has 0 saturated carbocycles. The van der Waals surface area contributed by atoms with Crippen LogP contribution in [0.3, 0.4) is 0 Å². The van der Waals surface area contributed by atoms with E-state index in [0.29, 0.717) is 0 Å². The minimum Gasteiger partial charge on any atom is -0.504 e. The molecular formula is C23H28O8. The Kier molecular flexibility index (Phi) is 7.05. The van der Waals surface area contributed by atoms with Crippen molar-refractivity contribution < 1.29 is 38.7 Å². The van der Waals surface area contributed by atoms with Crippen molar-refractivity contribution >= 4 is 11.9 Å². The molecule has 168 valence electrons. The summed E-state index contributed by atoms with van der Waals surface area (Å²) in [5.41, 5.74) is -1.51. The van der Waals surface area contributed by atoms with E-state index in [9.17, 15) is 19.8 Å². The van der Waals surface area contributed by atoms with Gasteiger partial charge in [-0.15, -0.1) is 0 Å². The summed E-state index contributed by atoms with van der Waals surface area (Å²) in [5, 5.41) is 19.4. The Labute approximate surface area is 181 Å². The first kappa shape index (κ1) is 23.9. The SMILES string of the molecule is COc1cc(C(=O)OC(C)(C)CC(C)(C)OC(=O)c2ccc(O)c(OC)c2)ccc1O. The molecule has 0 saturated heterocycles. The van der Waals surface area contributed by atoms with Crippen LogP contribution in [0.5, 0.6) is 23.0 Å². The van der Waals surface area contributed by atoms with Gasteiger partial charge in [0, 0.05) is 6.42 Å². The Morgan fingerprint density at radius 1 is 0.742 bits per heavy atom. The number of benzene rings is 2. The highest BCUT2D eigenvalue weighted by Gasteiger charge is 2.35. The maximum Gasteiger partial charge on any atom is 0.338 e. The van der Waals surface area contributed by atoms with Gasteiger partial charge in [-0.2, -0.15) is 0 Å². The predicted octanol–water partition coefficient (Wildman–Crippen LogP) is 4.08. The maximum absolute atomic E-state index is 12.6. The van der Waals surface area contributed by atoms with Gasteiger partial charge in [-0.1, -0.05) is 0 Å². The Morgan fingerprint density at radius 3 is 1.42 bits per heavy atom. The van der Waals surface area contributed by atoms with E-state index < -0.39 is 23.1 Å². The van der Waals surface area contributed by atoms with Crippen LogP contribution in [0.15, 0.2) is 36.4 Å². The van der Waals surface area contributed by atoms with Gasteiger partial charge in [-0.3, -0.25) is 0 Å². The average molecular weight is 432 g/mol. The maximum atomic E-state index is 12.6. The number of methoxy groups -OCH3 is 2. The van der Waals surface area contributed by atoms with Gasteiger partial charge in [0.2, 0.25) is 0 Å². The molecule has 0 aliphatic carbocycles. The molecule has 2 N–H and O–H groups in total. The summed E-state index contributed by atoms with van der Waals surface area (Å²) >= 11 is 0. The van der Waals surface area contributed by atoms with Crippen molar-refractivity contribution in [2.75, 3.05) is 14.2 Å². The van der Waals surface area contributed by atoms with Gasteiger partial charge in [0.1, 0.15) is 11.2 Å². The van der Waals surface area contributed by atoms with Crippen LogP contribution in [0.2, 0.25) is 0 Å². The second-order valence-corrected chi connectivity index (χ2v) is 8.25. The summed E-state index contributed by atoms with van der Waals surface area (Å²) in [7, 11) is 2.77. The molecule has 2 aromatic carbocycles. The standard InChI is InChI=1S/C23H28O8/c1-22(2,30-20(26)14-7-9-16(24)18(11-14)28-5)13-23(3,4)31-21(27)15-8-10-17(25)19(12-15)29-6/h7-12,24-25H,13H2,1-6H3. The van der Waals surface area contributed by atoms with Crippen molar-refractivity contribution in [3.63, 3.8) is 0 Å². The number of carbonyl (C=O) groups excluding carboxylic acids is 2. The molecule has 0 fully saturated rings. The van der Waals surface area contributed by atoms with Gasteiger partial charge in [-0.25, -0.2) is 9.59 Å². The molecule has 2 aromatic rings. The molecule has 0 heterocycles. The molecule has 0 atom stereocenters.